The summed E-state index contributed by atoms with van der Waals surface area (Å²) in [7, 11) is 0. The van der Waals surface area contributed by atoms with Crippen LogP contribution >= 0.6 is 0 Å². The van der Waals surface area contributed by atoms with Crippen LogP contribution in [0.5, 0.6) is 0 Å². The Bertz CT molecular complexity index is 2920. The van der Waals surface area contributed by atoms with Crippen molar-refractivity contribution in [1.82, 2.24) is 9.97 Å². The molecule has 3 heteroatoms. The lowest BCUT2D eigenvalue weighted by atomic mass is 9.99. The zero-order chi connectivity index (χ0) is 39.4. The minimum absolute atomic E-state index is 0.702. The van der Waals surface area contributed by atoms with Crippen LogP contribution in [0, 0.1) is 0 Å². The maximum atomic E-state index is 5.03. The van der Waals surface area contributed by atoms with Crippen molar-refractivity contribution in [2.75, 3.05) is 4.90 Å². The summed E-state index contributed by atoms with van der Waals surface area (Å²) in [5, 5.41) is 2.40. The highest BCUT2D eigenvalue weighted by Crippen LogP contribution is 2.40. The summed E-state index contributed by atoms with van der Waals surface area (Å²) in [6, 6.07) is 83.5. The largest absolute Gasteiger partial charge is 0.310 e. The molecule has 3 nitrogen and oxygen atoms in total. The minimum Gasteiger partial charge on any atom is -0.310 e. The van der Waals surface area contributed by atoms with E-state index in [1.165, 1.54) is 33.0 Å². The topological polar surface area (TPSA) is 29.0 Å². The number of aromatic nitrogens is 2. The van der Waals surface area contributed by atoms with E-state index in [1.54, 1.807) is 0 Å². The number of rotatable bonds is 9. The fourth-order valence-electron chi connectivity index (χ4n) is 7.82. The van der Waals surface area contributed by atoms with Crippen molar-refractivity contribution in [3.05, 3.63) is 237 Å². The van der Waals surface area contributed by atoms with Crippen molar-refractivity contribution in [2.45, 2.75) is 0 Å². The van der Waals surface area contributed by atoms with E-state index in [1.807, 2.05) is 36.4 Å². The number of hydrogen-bond acceptors (Lipinski definition) is 3. The lowest BCUT2D eigenvalue weighted by Gasteiger charge is -2.27. The number of hydrogen-bond donors (Lipinski definition) is 0. The number of benzene rings is 9. The summed E-state index contributed by atoms with van der Waals surface area (Å²) in [5.41, 5.74) is 15.3. The SMILES string of the molecule is c1ccc(-c2ccc(-c3ccc(N(c4ccc(-c5ccc(-c6nc(-c7ccccc7)cc(-c7ccccc7)n6)cc5)cc4)c4cccc5ccccc45)cc3)cc2)cc1. The van der Waals surface area contributed by atoms with Crippen LogP contribution < -0.4 is 4.90 Å². The lowest BCUT2D eigenvalue weighted by Crippen LogP contribution is -2.10. The molecule has 0 atom stereocenters. The van der Waals surface area contributed by atoms with E-state index < -0.39 is 0 Å². The molecule has 9 aromatic carbocycles. The number of fused-ring (bicyclic) bond motifs is 1. The van der Waals surface area contributed by atoms with E-state index in [4.69, 9.17) is 9.97 Å². The molecular formula is C56H39N3. The van der Waals surface area contributed by atoms with Crippen LogP contribution in [0.3, 0.4) is 0 Å². The van der Waals surface area contributed by atoms with Crippen LogP contribution in [-0.2, 0) is 0 Å². The first-order valence-electron chi connectivity index (χ1n) is 20.0. The van der Waals surface area contributed by atoms with Gasteiger partial charge in [0.2, 0.25) is 0 Å². The summed E-state index contributed by atoms with van der Waals surface area (Å²) in [4.78, 5) is 12.4. The summed E-state index contributed by atoms with van der Waals surface area (Å²) >= 11 is 0. The third-order valence-corrected chi connectivity index (χ3v) is 10.9. The van der Waals surface area contributed by atoms with Crippen molar-refractivity contribution in [1.29, 1.82) is 0 Å². The van der Waals surface area contributed by atoms with Crippen molar-refractivity contribution >= 4 is 27.8 Å². The van der Waals surface area contributed by atoms with E-state index in [2.05, 4.69) is 205 Å². The van der Waals surface area contributed by atoms with Crippen LogP contribution in [0.1, 0.15) is 0 Å². The van der Waals surface area contributed by atoms with Gasteiger partial charge in [0, 0.05) is 33.5 Å². The molecule has 0 radical (unpaired) electrons. The quantitative estimate of drug-likeness (QED) is 0.147. The molecule has 0 saturated heterocycles. The molecule has 278 valence electrons. The first-order valence-corrected chi connectivity index (χ1v) is 20.0. The first-order chi connectivity index (χ1) is 29.2. The molecule has 10 aromatic rings. The van der Waals surface area contributed by atoms with Gasteiger partial charge < -0.3 is 4.90 Å². The molecule has 1 aromatic heterocycles. The second kappa shape index (κ2) is 15.9. The molecule has 0 aliphatic carbocycles. The molecule has 59 heavy (non-hydrogen) atoms. The van der Waals surface area contributed by atoms with Crippen molar-refractivity contribution in [3.8, 4) is 67.3 Å². The Morgan fingerprint density at radius 1 is 0.271 bits per heavy atom. The summed E-state index contributed by atoms with van der Waals surface area (Å²) in [6.45, 7) is 0. The van der Waals surface area contributed by atoms with Crippen LogP contribution in [0.2, 0.25) is 0 Å². The smallest absolute Gasteiger partial charge is 0.160 e. The molecule has 0 amide bonds. The summed E-state index contributed by atoms with van der Waals surface area (Å²) < 4.78 is 0. The number of nitrogens with zero attached hydrogens (tertiary/aromatic N) is 3. The predicted molar refractivity (Wildman–Crippen MR) is 247 cm³/mol. The van der Waals surface area contributed by atoms with Gasteiger partial charge in [-0.25, -0.2) is 9.97 Å². The molecule has 0 bridgehead atoms. The van der Waals surface area contributed by atoms with Gasteiger partial charge >= 0.3 is 0 Å². The van der Waals surface area contributed by atoms with Gasteiger partial charge in [-0.3, -0.25) is 0 Å². The van der Waals surface area contributed by atoms with Crippen LogP contribution in [0.4, 0.5) is 17.1 Å². The van der Waals surface area contributed by atoms with Gasteiger partial charge in [-0.05, 0) is 75.2 Å². The zero-order valence-electron chi connectivity index (χ0n) is 32.4. The molecule has 1 heterocycles. The van der Waals surface area contributed by atoms with E-state index >= 15 is 0 Å². The van der Waals surface area contributed by atoms with Gasteiger partial charge in [0.05, 0.1) is 17.1 Å². The fraction of sp³-hybridized carbons (Fsp3) is 0. The molecule has 0 aliphatic heterocycles. The Balaban J connectivity index is 0.965. The highest BCUT2D eigenvalue weighted by Gasteiger charge is 2.17. The zero-order valence-corrected chi connectivity index (χ0v) is 32.4. The molecule has 0 N–H and O–H groups in total. The van der Waals surface area contributed by atoms with Crippen molar-refractivity contribution < 1.29 is 0 Å². The van der Waals surface area contributed by atoms with Crippen LogP contribution in [0.25, 0.3) is 78.1 Å². The molecule has 0 fully saturated rings. The van der Waals surface area contributed by atoms with Gasteiger partial charge in [0.15, 0.2) is 5.82 Å². The Morgan fingerprint density at radius 2 is 0.627 bits per heavy atom. The second-order valence-electron chi connectivity index (χ2n) is 14.6. The lowest BCUT2D eigenvalue weighted by molar-refractivity contribution is 1.18. The maximum absolute atomic E-state index is 5.03. The summed E-state index contributed by atoms with van der Waals surface area (Å²) in [5.74, 6) is 0.702. The van der Waals surface area contributed by atoms with E-state index in [0.29, 0.717) is 5.82 Å². The van der Waals surface area contributed by atoms with Gasteiger partial charge in [-0.1, -0.05) is 200 Å². The second-order valence-corrected chi connectivity index (χ2v) is 14.6. The highest BCUT2D eigenvalue weighted by atomic mass is 15.1. The Morgan fingerprint density at radius 3 is 1.10 bits per heavy atom. The normalized spacial score (nSPS) is 11.1. The van der Waals surface area contributed by atoms with Gasteiger partial charge in [-0.2, -0.15) is 0 Å². The third-order valence-electron chi connectivity index (χ3n) is 10.9. The number of anilines is 3. The van der Waals surface area contributed by atoms with Gasteiger partial charge in [-0.15, -0.1) is 0 Å². The van der Waals surface area contributed by atoms with Crippen LogP contribution in [0.15, 0.2) is 237 Å². The van der Waals surface area contributed by atoms with Crippen molar-refractivity contribution in [3.63, 3.8) is 0 Å². The van der Waals surface area contributed by atoms with Gasteiger partial charge in [0.25, 0.3) is 0 Å². The average Bonchev–Trinajstić information content (AvgIpc) is 3.33. The standard InChI is InChI=1S/C56H39N3/c1-4-13-40(14-5-1)41-23-25-42(26-24-41)44-31-35-50(36-32-44)59(55-22-12-20-46-15-10-11-21-52(46)55)51-37-33-45(34-38-51)43-27-29-49(30-28-43)56-57-53(47-16-6-2-7-17-47)39-54(58-56)48-18-8-3-9-19-48/h1-39H. The molecule has 0 aliphatic rings. The van der Waals surface area contributed by atoms with E-state index in [-0.39, 0.29) is 0 Å². The van der Waals surface area contributed by atoms with E-state index in [9.17, 15) is 0 Å². The van der Waals surface area contributed by atoms with Crippen LogP contribution in [-0.4, -0.2) is 9.97 Å². The summed E-state index contributed by atoms with van der Waals surface area (Å²) in [6.07, 6.45) is 0. The average molecular weight is 754 g/mol. The predicted octanol–water partition coefficient (Wildman–Crippen LogP) is 15.1. The van der Waals surface area contributed by atoms with E-state index in [0.717, 1.165) is 56.3 Å². The molecule has 0 unspecified atom stereocenters. The van der Waals surface area contributed by atoms with Crippen molar-refractivity contribution in [2.24, 2.45) is 0 Å². The van der Waals surface area contributed by atoms with Gasteiger partial charge in [0.1, 0.15) is 0 Å². The first kappa shape index (κ1) is 35.5. The highest BCUT2D eigenvalue weighted by molar-refractivity contribution is 5.99. The molecular weight excluding hydrogens is 715 g/mol. The molecule has 0 saturated carbocycles. The maximum Gasteiger partial charge on any atom is 0.160 e. The monoisotopic (exact) mass is 753 g/mol. The Labute approximate surface area is 345 Å². The third kappa shape index (κ3) is 7.41. The fourth-order valence-corrected chi connectivity index (χ4v) is 7.82. The molecule has 10 rings (SSSR count). The molecule has 0 spiro atoms. The minimum atomic E-state index is 0.702. The Hall–Kier alpha value is -7.88. The Kier molecular flexibility index (Phi) is 9.59.